The summed E-state index contributed by atoms with van der Waals surface area (Å²) in [6, 6.07) is 3.24. The lowest BCUT2D eigenvalue weighted by atomic mass is 10.1. The third-order valence-corrected chi connectivity index (χ3v) is 3.84. The van der Waals surface area contributed by atoms with Crippen molar-refractivity contribution in [3.63, 3.8) is 0 Å². The van der Waals surface area contributed by atoms with Crippen LogP contribution in [0.2, 0.25) is 0 Å². The lowest BCUT2D eigenvalue weighted by Crippen LogP contribution is -2.21. The summed E-state index contributed by atoms with van der Waals surface area (Å²) in [7, 11) is 3.67. The van der Waals surface area contributed by atoms with Gasteiger partial charge in [-0.3, -0.25) is 5.41 Å². The second-order valence-corrected chi connectivity index (χ2v) is 5.28. The fourth-order valence-corrected chi connectivity index (χ4v) is 2.44. The fraction of sp³-hybridized carbons (Fsp3) is 0.231. The van der Waals surface area contributed by atoms with Crippen molar-refractivity contribution < 1.29 is 4.39 Å². The maximum Gasteiger partial charge on any atom is 0.161 e. The molecule has 7 heteroatoms. The van der Waals surface area contributed by atoms with Gasteiger partial charge in [0, 0.05) is 32.1 Å². The van der Waals surface area contributed by atoms with Crippen molar-refractivity contribution in [3.8, 4) is 0 Å². The van der Waals surface area contributed by atoms with Gasteiger partial charge in [-0.25, -0.2) is 9.37 Å². The van der Waals surface area contributed by atoms with E-state index in [2.05, 4.69) is 20.9 Å². The Hall–Kier alpha value is -1.89. The molecular formula is C13H15BrFN5. The number of nitrogens with two attached hydrogens (primary N) is 1. The van der Waals surface area contributed by atoms with Crippen LogP contribution in [-0.2, 0) is 13.6 Å². The number of nitrogens with one attached hydrogen (secondary N) is 1. The number of amidine groups is 1. The molecule has 0 fully saturated rings. The molecule has 20 heavy (non-hydrogen) atoms. The van der Waals surface area contributed by atoms with Crippen LogP contribution in [0.4, 0.5) is 10.1 Å². The van der Waals surface area contributed by atoms with Crippen molar-refractivity contribution in [2.24, 2.45) is 12.8 Å². The lowest BCUT2D eigenvalue weighted by molar-refractivity contribution is 0.612. The summed E-state index contributed by atoms with van der Waals surface area (Å²) >= 11 is 3.15. The highest BCUT2D eigenvalue weighted by atomic mass is 79.9. The minimum Gasteiger partial charge on any atom is -0.384 e. The van der Waals surface area contributed by atoms with Crippen molar-refractivity contribution in [2.45, 2.75) is 6.54 Å². The first-order valence-electron chi connectivity index (χ1n) is 5.91. The minimum atomic E-state index is -0.436. The zero-order valence-electron chi connectivity index (χ0n) is 11.2. The van der Waals surface area contributed by atoms with Crippen LogP contribution in [-0.4, -0.2) is 22.4 Å². The van der Waals surface area contributed by atoms with E-state index in [1.165, 1.54) is 0 Å². The van der Waals surface area contributed by atoms with Crippen LogP contribution >= 0.6 is 15.9 Å². The predicted molar refractivity (Wildman–Crippen MR) is 80.4 cm³/mol. The van der Waals surface area contributed by atoms with Crippen molar-refractivity contribution in [1.82, 2.24) is 9.55 Å². The summed E-state index contributed by atoms with van der Waals surface area (Å²) in [4.78, 5) is 5.97. The molecule has 0 saturated heterocycles. The lowest BCUT2D eigenvalue weighted by Gasteiger charge is -2.21. The Bertz CT molecular complexity index is 652. The number of hydrogen-bond donors (Lipinski definition) is 2. The Morgan fingerprint density at radius 1 is 1.55 bits per heavy atom. The van der Waals surface area contributed by atoms with Crippen LogP contribution in [0.3, 0.4) is 0 Å². The molecule has 0 amide bonds. The first-order valence-corrected chi connectivity index (χ1v) is 6.71. The molecule has 1 heterocycles. The predicted octanol–water partition coefficient (Wildman–Crippen LogP) is 2.24. The maximum absolute atomic E-state index is 14.3. The van der Waals surface area contributed by atoms with Gasteiger partial charge in [-0.15, -0.1) is 0 Å². The Morgan fingerprint density at radius 3 is 2.80 bits per heavy atom. The van der Waals surface area contributed by atoms with E-state index in [1.54, 1.807) is 30.3 Å². The number of anilines is 1. The van der Waals surface area contributed by atoms with Crippen molar-refractivity contribution in [3.05, 3.63) is 46.2 Å². The molecule has 0 aliphatic heterocycles. The van der Waals surface area contributed by atoms with Gasteiger partial charge >= 0.3 is 0 Å². The van der Waals surface area contributed by atoms with Gasteiger partial charge in [0.15, 0.2) is 5.82 Å². The highest BCUT2D eigenvalue weighted by Crippen LogP contribution is 2.29. The van der Waals surface area contributed by atoms with Gasteiger partial charge in [-0.05, 0) is 28.1 Å². The van der Waals surface area contributed by atoms with Gasteiger partial charge in [-0.2, -0.15) is 0 Å². The Labute approximate surface area is 124 Å². The third-order valence-electron chi connectivity index (χ3n) is 3.06. The average molecular weight is 340 g/mol. The highest BCUT2D eigenvalue weighted by molar-refractivity contribution is 9.10. The van der Waals surface area contributed by atoms with E-state index in [4.69, 9.17) is 11.1 Å². The second kappa shape index (κ2) is 5.62. The van der Waals surface area contributed by atoms with Gasteiger partial charge in [0.25, 0.3) is 0 Å². The van der Waals surface area contributed by atoms with E-state index < -0.39 is 5.82 Å². The van der Waals surface area contributed by atoms with Crippen molar-refractivity contribution >= 4 is 27.5 Å². The smallest absolute Gasteiger partial charge is 0.161 e. The maximum atomic E-state index is 14.3. The van der Waals surface area contributed by atoms with Crippen molar-refractivity contribution in [2.75, 3.05) is 11.9 Å². The molecule has 0 radical (unpaired) electrons. The standard InChI is InChI=1S/C13H15BrFN5/c1-19-6-5-18-10(19)7-20(2)9-4-3-8(13(16)17)11(14)12(9)15/h3-6H,7H2,1-2H3,(H3,16,17). The van der Waals surface area contributed by atoms with Gasteiger partial charge in [0.05, 0.1) is 16.7 Å². The van der Waals surface area contributed by atoms with Crippen LogP contribution in [0, 0.1) is 11.2 Å². The molecule has 0 unspecified atom stereocenters. The van der Waals surface area contributed by atoms with E-state index in [0.717, 1.165) is 5.82 Å². The van der Waals surface area contributed by atoms with Gasteiger partial charge in [-0.1, -0.05) is 0 Å². The van der Waals surface area contributed by atoms with Gasteiger partial charge in [0.2, 0.25) is 0 Å². The topological polar surface area (TPSA) is 70.9 Å². The van der Waals surface area contributed by atoms with Crippen LogP contribution in [0.5, 0.6) is 0 Å². The fourth-order valence-electron chi connectivity index (χ4n) is 1.89. The molecule has 1 aromatic heterocycles. The summed E-state index contributed by atoms with van der Waals surface area (Å²) in [5.41, 5.74) is 6.16. The highest BCUT2D eigenvalue weighted by Gasteiger charge is 2.16. The summed E-state index contributed by atoms with van der Waals surface area (Å²) in [6.07, 6.45) is 3.54. The second-order valence-electron chi connectivity index (χ2n) is 4.48. The molecule has 106 valence electrons. The first-order chi connectivity index (χ1) is 9.41. The molecule has 0 aliphatic carbocycles. The number of nitrogen functional groups attached to an aromatic ring is 1. The molecular weight excluding hydrogens is 325 g/mol. The number of rotatable bonds is 4. The zero-order valence-corrected chi connectivity index (χ0v) is 12.8. The number of halogens is 2. The van der Waals surface area contributed by atoms with E-state index in [9.17, 15) is 4.39 Å². The molecule has 5 nitrogen and oxygen atoms in total. The van der Waals surface area contributed by atoms with Crippen LogP contribution < -0.4 is 10.6 Å². The monoisotopic (exact) mass is 339 g/mol. The summed E-state index contributed by atoms with van der Waals surface area (Å²) in [5.74, 6) is 0.224. The molecule has 3 N–H and O–H groups in total. The number of aromatic nitrogens is 2. The van der Waals surface area contributed by atoms with Gasteiger partial charge in [0.1, 0.15) is 11.7 Å². The first kappa shape index (κ1) is 14.5. The Balaban J connectivity index is 2.31. The van der Waals surface area contributed by atoms with E-state index >= 15 is 0 Å². The summed E-state index contributed by atoms with van der Waals surface area (Å²) in [6.45, 7) is 0.478. The molecule has 0 aliphatic rings. The molecule has 0 spiro atoms. The van der Waals surface area contributed by atoms with E-state index in [0.29, 0.717) is 17.8 Å². The number of benzene rings is 1. The zero-order chi connectivity index (χ0) is 14.9. The number of imidazole rings is 1. The molecule has 2 rings (SSSR count). The third kappa shape index (κ3) is 2.67. The SMILES string of the molecule is CN(Cc1nccn1C)c1ccc(C(=N)N)c(Br)c1F. The molecule has 0 saturated carbocycles. The van der Waals surface area contributed by atoms with Crippen LogP contribution in [0.25, 0.3) is 0 Å². The largest absolute Gasteiger partial charge is 0.384 e. The minimum absolute atomic E-state index is 0.172. The molecule has 1 aromatic carbocycles. The quantitative estimate of drug-likeness (QED) is 0.662. The van der Waals surface area contributed by atoms with E-state index in [1.807, 2.05) is 17.8 Å². The normalized spacial score (nSPS) is 10.6. The number of nitrogens with zero attached hydrogens (tertiary/aromatic N) is 3. The Kier molecular flexibility index (Phi) is 4.08. The van der Waals surface area contributed by atoms with Crippen molar-refractivity contribution in [1.29, 1.82) is 5.41 Å². The molecule has 0 bridgehead atoms. The number of aryl methyl sites for hydroxylation is 1. The van der Waals surface area contributed by atoms with E-state index in [-0.39, 0.29) is 10.3 Å². The molecule has 0 atom stereocenters. The summed E-state index contributed by atoms with van der Waals surface area (Å²) in [5, 5.41) is 7.39. The van der Waals surface area contributed by atoms with Crippen LogP contribution in [0.15, 0.2) is 29.0 Å². The molecule has 2 aromatic rings. The summed E-state index contributed by atoms with van der Waals surface area (Å²) < 4.78 is 16.4. The average Bonchev–Trinajstić information content (AvgIpc) is 2.77. The Morgan fingerprint density at radius 2 is 2.25 bits per heavy atom. The van der Waals surface area contributed by atoms with Gasteiger partial charge < -0.3 is 15.2 Å². The number of hydrogen-bond acceptors (Lipinski definition) is 3. The van der Waals surface area contributed by atoms with Crippen LogP contribution in [0.1, 0.15) is 11.4 Å².